The Kier molecular flexibility index (Phi) is 5.95. The molecule has 0 radical (unpaired) electrons. The van der Waals surface area contributed by atoms with E-state index in [1.807, 2.05) is 19.1 Å². The molecule has 5 heteroatoms. The molecule has 1 atom stereocenters. The molecule has 0 bridgehead atoms. The van der Waals surface area contributed by atoms with Crippen LogP contribution in [0.3, 0.4) is 0 Å². The molecule has 0 aromatic heterocycles. The summed E-state index contributed by atoms with van der Waals surface area (Å²) in [6.45, 7) is 3.83. The Labute approximate surface area is 112 Å². The first kappa shape index (κ1) is 14.8. The van der Waals surface area contributed by atoms with Crippen molar-refractivity contribution in [1.82, 2.24) is 0 Å². The van der Waals surface area contributed by atoms with Crippen LogP contribution in [-0.4, -0.2) is 25.2 Å². The minimum atomic E-state index is -0.413. The van der Waals surface area contributed by atoms with E-state index >= 15 is 0 Å². The molecule has 0 aliphatic rings. The highest BCUT2D eigenvalue weighted by Crippen LogP contribution is 2.29. The molecule has 1 aromatic carbocycles. The van der Waals surface area contributed by atoms with Gasteiger partial charge in [-0.05, 0) is 31.9 Å². The van der Waals surface area contributed by atoms with Gasteiger partial charge in [0, 0.05) is 6.04 Å². The first-order valence-electron chi connectivity index (χ1n) is 5.86. The van der Waals surface area contributed by atoms with Gasteiger partial charge in [-0.2, -0.15) is 0 Å². The lowest BCUT2D eigenvalue weighted by Gasteiger charge is -2.14. The number of rotatable bonds is 6. The molecule has 18 heavy (non-hydrogen) atoms. The normalized spacial score (nSPS) is 12.0. The number of hydrogen-bond donors (Lipinski definition) is 1. The van der Waals surface area contributed by atoms with Crippen molar-refractivity contribution in [3.8, 4) is 5.75 Å². The van der Waals surface area contributed by atoms with E-state index in [2.05, 4.69) is 0 Å². The van der Waals surface area contributed by atoms with Gasteiger partial charge in [0.1, 0.15) is 5.75 Å². The number of nitrogens with two attached hydrogens (primary N) is 1. The van der Waals surface area contributed by atoms with Crippen LogP contribution >= 0.6 is 11.6 Å². The lowest BCUT2D eigenvalue weighted by Crippen LogP contribution is -2.19. The van der Waals surface area contributed by atoms with Crippen LogP contribution in [0.25, 0.3) is 0 Å². The molecule has 1 aromatic rings. The van der Waals surface area contributed by atoms with Crippen LogP contribution in [0.5, 0.6) is 5.75 Å². The van der Waals surface area contributed by atoms with Gasteiger partial charge < -0.3 is 15.2 Å². The number of para-hydroxylation sites is 1. The van der Waals surface area contributed by atoms with Crippen molar-refractivity contribution in [3.63, 3.8) is 0 Å². The van der Waals surface area contributed by atoms with Gasteiger partial charge in [0.05, 0.1) is 11.6 Å². The molecule has 1 rings (SSSR count). The second-order valence-corrected chi connectivity index (χ2v) is 4.41. The van der Waals surface area contributed by atoms with Crippen LogP contribution < -0.4 is 10.5 Å². The Morgan fingerprint density at radius 3 is 2.83 bits per heavy atom. The summed E-state index contributed by atoms with van der Waals surface area (Å²) < 4.78 is 10.2. The SMILES string of the molecule is CCOC(=O)COc1c(Cl)cccc1CC(C)N. The first-order chi connectivity index (χ1) is 8.54. The van der Waals surface area contributed by atoms with Gasteiger partial charge in [-0.25, -0.2) is 4.79 Å². The van der Waals surface area contributed by atoms with E-state index in [9.17, 15) is 4.79 Å². The molecule has 0 saturated carbocycles. The van der Waals surface area contributed by atoms with Crippen LogP contribution in [0.2, 0.25) is 5.02 Å². The highest BCUT2D eigenvalue weighted by atomic mass is 35.5. The number of halogens is 1. The zero-order chi connectivity index (χ0) is 13.5. The van der Waals surface area contributed by atoms with E-state index in [0.717, 1.165) is 5.56 Å². The van der Waals surface area contributed by atoms with E-state index in [-0.39, 0.29) is 12.6 Å². The van der Waals surface area contributed by atoms with Gasteiger partial charge >= 0.3 is 5.97 Å². The molecule has 4 nitrogen and oxygen atoms in total. The average molecular weight is 272 g/mol. The predicted molar refractivity (Wildman–Crippen MR) is 70.9 cm³/mol. The molecule has 2 N–H and O–H groups in total. The molecule has 0 aliphatic carbocycles. The van der Waals surface area contributed by atoms with Gasteiger partial charge in [-0.1, -0.05) is 23.7 Å². The lowest BCUT2D eigenvalue weighted by atomic mass is 10.1. The predicted octanol–water partition coefficient (Wildman–Crippen LogP) is 2.17. The van der Waals surface area contributed by atoms with Crippen molar-refractivity contribution < 1.29 is 14.3 Å². The fourth-order valence-corrected chi connectivity index (χ4v) is 1.81. The number of esters is 1. The number of ether oxygens (including phenoxy) is 2. The summed E-state index contributed by atoms with van der Waals surface area (Å²) in [5, 5.41) is 0.470. The molecule has 0 amide bonds. The second kappa shape index (κ2) is 7.24. The molecule has 0 spiro atoms. The van der Waals surface area contributed by atoms with Crippen molar-refractivity contribution in [1.29, 1.82) is 0 Å². The maximum absolute atomic E-state index is 11.2. The lowest BCUT2D eigenvalue weighted by molar-refractivity contribution is -0.145. The number of hydrogen-bond acceptors (Lipinski definition) is 4. The molecule has 1 unspecified atom stereocenters. The van der Waals surface area contributed by atoms with E-state index in [4.69, 9.17) is 26.8 Å². The molecule has 0 heterocycles. The van der Waals surface area contributed by atoms with Crippen LogP contribution in [0, 0.1) is 0 Å². The summed E-state index contributed by atoms with van der Waals surface area (Å²) in [4.78, 5) is 11.2. The summed E-state index contributed by atoms with van der Waals surface area (Å²) in [6, 6.07) is 5.42. The maximum atomic E-state index is 11.2. The molecular weight excluding hydrogens is 254 g/mol. The minimum Gasteiger partial charge on any atom is -0.480 e. The van der Waals surface area contributed by atoms with Gasteiger partial charge in [0.25, 0.3) is 0 Å². The van der Waals surface area contributed by atoms with Crippen LogP contribution in [0.1, 0.15) is 19.4 Å². The minimum absolute atomic E-state index is 0.00610. The quantitative estimate of drug-likeness (QED) is 0.806. The zero-order valence-corrected chi connectivity index (χ0v) is 11.4. The fraction of sp³-hybridized carbons (Fsp3) is 0.462. The highest BCUT2D eigenvalue weighted by molar-refractivity contribution is 6.32. The Bertz CT molecular complexity index is 407. The highest BCUT2D eigenvalue weighted by Gasteiger charge is 2.12. The van der Waals surface area contributed by atoms with E-state index in [0.29, 0.717) is 23.8 Å². The summed E-state index contributed by atoms with van der Waals surface area (Å²) in [5.74, 6) is 0.0914. The van der Waals surface area contributed by atoms with E-state index in [1.54, 1.807) is 13.0 Å². The van der Waals surface area contributed by atoms with Gasteiger partial charge in [-0.3, -0.25) is 0 Å². The van der Waals surface area contributed by atoms with Gasteiger partial charge in [-0.15, -0.1) is 0 Å². The standard InChI is InChI=1S/C13H18ClNO3/c1-3-17-12(16)8-18-13-10(7-9(2)15)5-4-6-11(13)14/h4-6,9H,3,7-8,15H2,1-2H3. The third-order valence-corrected chi connectivity index (χ3v) is 2.53. The number of carbonyl (C=O) groups excluding carboxylic acids is 1. The van der Waals surface area contributed by atoms with Gasteiger partial charge in [0.15, 0.2) is 6.61 Å². The Morgan fingerprint density at radius 2 is 2.22 bits per heavy atom. The van der Waals surface area contributed by atoms with E-state index < -0.39 is 5.97 Å². The van der Waals surface area contributed by atoms with Crippen molar-refractivity contribution in [2.75, 3.05) is 13.2 Å². The smallest absolute Gasteiger partial charge is 0.344 e. The topological polar surface area (TPSA) is 61.5 Å². The summed E-state index contributed by atoms with van der Waals surface area (Å²) in [6.07, 6.45) is 0.638. The third-order valence-electron chi connectivity index (χ3n) is 2.23. The number of carbonyl (C=O) groups is 1. The van der Waals surface area contributed by atoms with Crippen LogP contribution in [0.4, 0.5) is 0 Å². The second-order valence-electron chi connectivity index (χ2n) is 4.00. The van der Waals surface area contributed by atoms with Crippen LogP contribution in [0.15, 0.2) is 18.2 Å². The third kappa shape index (κ3) is 4.55. The molecule has 100 valence electrons. The Balaban J connectivity index is 2.76. The molecular formula is C13H18ClNO3. The maximum Gasteiger partial charge on any atom is 0.344 e. The molecule has 0 fully saturated rings. The molecule has 0 saturated heterocycles. The zero-order valence-electron chi connectivity index (χ0n) is 10.6. The van der Waals surface area contributed by atoms with Crippen LogP contribution in [-0.2, 0) is 16.0 Å². The first-order valence-corrected chi connectivity index (χ1v) is 6.23. The van der Waals surface area contributed by atoms with E-state index in [1.165, 1.54) is 0 Å². The van der Waals surface area contributed by atoms with Crippen molar-refractivity contribution in [3.05, 3.63) is 28.8 Å². The largest absolute Gasteiger partial charge is 0.480 e. The monoisotopic (exact) mass is 271 g/mol. The fourth-order valence-electron chi connectivity index (χ4n) is 1.56. The summed E-state index contributed by atoms with van der Waals surface area (Å²) in [7, 11) is 0. The van der Waals surface area contributed by atoms with Crippen molar-refractivity contribution in [2.24, 2.45) is 5.73 Å². The average Bonchev–Trinajstić information content (AvgIpc) is 2.28. The van der Waals surface area contributed by atoms with Gasteiger partial charge in [0.2, 0.25) is 0 Å². The summed E-state index contributed by atoms with van der Waals surface area (Å²) >= 11 is 6.06. The summed E-state index contributed by atoms with van der Waals surface area (Å²) in [5.41, 5.74) is 6.65. The van der Waals surface area contributed by atoms with Crippen molar-refractivity contribution >= 4 is 17.6 Å². The molecule has 0 aliphatic heterocycles. The Hall–Kier alpha value is -1.26. The Morgan fingerprint density at radius 1 is 1.50 bits per heavy atom. The van der Waals surface area contributed by atoms with Crippen molar-refractivity contribution in [2.45, 2.75) is 26.3 Å². The number of benzene rings is 1.